The van der Waals surface area contributed by atoms with E-state index in [-0.39, 0.29) is 0 Å². The maximum absolute atomic E-state index is 9.71. The molecule has 0 amide bonds. The Morgan fingerprint density at radius 2 is 2.11 bits per heavy atom. The summed E-state index contributed by atoms with van der Waals surface area (Å²) in [5.41, 5.74) is 0.450. The summed E-state index contributed by atoms with van der Waals surface area (Å²) in [6, 6.07) is 10.4. The summed E-state index contributed by atoms with van der Waals surface area (Å²) < 4.78 is 5.37. The summed E-state index contributed by atoms with van der Waals surface area (Å²) in [7, 11) is 1.66. The summed E-state index contributed by atoms with van der Waals surface area (Å²) in [6.07, 6.45) is 2.21. The topological polar surface area (TPSA) is 48.3 Å². The number of benzene rings is 1. The number of nitrogens with one attached hydrogen (secondary N) is 1. The van der Waals surface area contributed by atoms with E-state index in [2.05, 4.69) is 16.3 Å². The first kappa shape index (κ1) is 12.3. The molecule has 4 nitrogen and oxygen atoms in total. The van der Waals surface area contributed by atoms with E-state index in [9.17, 15) is 5.26 Å². The molecule has 19 heavy (non-hydrogen) atoms. The van der Waals surface area contributed by atoms with Crippen LogP contribution in [0.2, 0.25) is 0 Å². The van der Waals surface area contributed by atoms with E-state index in [0.717, 1.165) is 43.9 Å². The van der Waals surface area contributed by atoms with Crippen LogP contribution in [0.15, 0.2) is 24.3 Å². The van der Waals surface area contributed by atoms with Gasteiger partial charge in [-0.25, -0.2) is 0 Å². The minimum absolute atomic E-state index is 0.437. The lowest BCUT2D eigenvalue weighted by Crippen LogP contribution is -2.62. The Morgan fingerprint density at radius 3 is 2.68 bits per heavy atom. The van der Waals surface area contributed by atoms with E-state index < -0.39 is 5.54 Å². The van der Waals surface area contributed by atoms with Crippen LogP contribution in [0.5, 0.6) is 5.75 Å². The van der Waals surface area contributed by atoms with Crippen molar-refractivity contribution in [1.82, 2.24) is 4.90 Å². The lowest BCUT2D eigenvalue weighted by molar-refractivity contribution is 0.0673. The van der Waals surface area contributed by atoms with E-state index in [0.29, 0.717) is 5.92 Å². The Balaban J connectivity index is 1.90. The first-order chi connectivity index (χ1) is 9.27. The molecule has 4 heteroatoms. The molecule has 3 fully saturated rings. The number of hydrogen-bond acceptors (Lipinski definition) is 4. The summed E-state index contributed by atoms with van der Waals surface area (Å²) in [4.78, 5) is 2.38. The molecule has 1 N–H and O–H groups in total. The molecule has 0 saturated carbocycles. The van der Waals surface area contributed by atoms with Gasteiger partial charge in [-0.05, 0) is 44.0 Å². The standard InChI is InChI=1S/C15H19N3O/c1-19-14-5-3-2-4-13(14)17-15(10-16)11-18-8-6-12(15)7-9-18/h2-5,12,17H,6-9,11H2,1H3. The number of nitriles is 1. The van der Waals surface area contributed by atoms with Gasteiger partial charge in [0.1, 0.15) is 11.3 Å². The van der Waals surface area contributed by atoms with Gasteiger partial charge in [-0.3, -0.25) is 4.90 Å². The van der Waals surface area contributed by atoms with E-state index in [1.165, 1.54) is 0 Å². The summed E-state index contributed by atoms with van der Waals surface area (Å²) >= 11 is 0. The van der Waals surface area contributed by atoms with Crippen LogP contribution in [0, 0.1) is 17.2 Å². The Hall–Kier alpha value is -1.73. The van der Waals surface area contributed by atoms with Crippen molar-refractivity contribution in [3.63, 3.8) is 0 Å². The average Bonchev–Trinajstić information content (AvgIpc) is 2.49. The van der Waals surface area contributed by atoms with Gasteiger partial charge < -0.3 is 10.1 Å². The number of para-hydroxylation sites is 2. The third-order valence-corrected chi connectivity index (χ3v) is 4.42. The lowest BCUT2D eigenvalue weighted by Gasteiger charge is -2.50. The summed E-state index contributed by atoms with van der Waals surface area (Å²) in [6.45, 7) is 3.07. The fourth-order valence-electron chi connectivity index (χ4n) is 3.35. The Kier molecular flexibility index (Phi) is 3.08. The quantitative estimate of drug-likeness (QED) is 0.901. The van der Waals surface area contributed by atoms with Crippen LogP contribution in [-0.4, -0.2) is 37.2 Å². The third-order valence-electron chi connectivity index (χ3n) is 4.42. The van der Waals surface area contributed by atoms with Gasteiger partial charge in [0.15, 0.2) is 0 Å². The molecule has 3 aliphatic heterocycles. The zero-order valence-electron chi connectivity index (χ0n) is 11.2. The van der Waals surface area contributed by atoms with Crippen LogP contribution >= 0.6 is 0 Å². The van der Waals surface area contributed by atoms with Crippen LogP contribution in [0.1, 0.15) is 12.8 Å². The monoisotopic (exact) mass is 257 g/mol. The van der Waals surface area contributed by atoms with Gasteiger partial charge in [-0.15, -0.1) is 0 Å². The van der Waals surface area contributed by atoms with E-state index in [1.54, 1.807) is 7.11 Å². The minimum atomic E-state index is -0.467. The molecule has 1 aromatic rings. The molecule has 0 aliphatic carbocycles. The van der Waals surface area contributed by atoms with Crippen LogP contribution < -0.4 is 10.1 Å². The molecule has 1 aromatic carbocycles. The zero-order valence-corrected chi connectivity index (χ0v) is 11.2. The van der Waals surface area contributed by atoms with Crippen molar-refractivity contribution < 1.29 is 4.74 Å². The molecule has 2 bridgehead atoms. The number of hydrogen-bond donors (Lipinski definition) is 1. The number of anilines is 1. The molecule has 3 heterocycles. The molecular formula is C15H19N3O. The van der Waals surface area contributed by atoms with Crippen molar-refractivity contribution >= 4 is 5.69 Å². The van der Waals surface area contributed by atoms with Gasteiger partial charge in [0.25, 0.3) is 0 Å². The SMILES string of the molecule is COc1ccccc1NC1(C#N)CN2CCC1CC2. The van der Waals surface area contributed by atoms with Gasteiger partial charge in [0.2, 0.25) is 0 Å². The number of ether oxygens (including phenoxy) is 1. The molecule has 4 rings (SSSR count). The number of piperidine rings is 3. The normalized spacial score (nSPS) is 32.6. The molecule has 100 valence electrons. The van der Waals surface area contributed by atoms with Crippen molar-refractivity contribution in [1.29, 1.82) is 5.26 Å². The highest BCUT2D eigenvalue weighted by atomic mass is 16.5. The zero-order chi connectivity index (χ0) is 13.3. The van der Waals surface area contributed by atoms with Gasteiger partial charge >= 0.3 is 0 Å². The highest BCUT2D eigenvalue weighted by Crippen LogP contribution is 2.39. The lowest BCUT2D eigenvalue weighted by atomic mass is 9.73. The van der Waals surface area contributed by atoms with Crippen molar-refractivity contribution in [2.75, 3.05) is 32.1 Å². The van der Waals surface area contributed by atoms with Gasteiger partial charge in [-0.1, -0.05) is 12.1 Å². The molecule has 3 aliphatic rings. The minimum Gasteiger partial charge on any atom is -0.495 e. The van der Waals surface area contributed by atoms with Gasteiger partial charge in [0, 0.05) is 6.54 Å². The number of fused-ring (bicyclic) bond motifs is 3. The second kappa shape index (κ2) is 4.75. The third kappa shape index (κ3) is 2.04. The highest BCUT2D eigenvalue weighted by molar-refractivity contribution is 5.59. The van der Waals surface area contributed by atoms with Gasteiger partial charge in [0.05, 0.1) is 18.9 Å². The maximum Gasteiger partial charge on any atom is 0.141 e. The number of rotatable bonds is 3. The summed E-state index contributed by atoms with van der Waals surface area (Å²) in [5, 5.41) is 13.2. The van der Waals surface area contributed by atoms with Crippen molar-refractivity contribution in [2.24, 2.45) is 5.92 Å². The van der Waals surface area contributed by atoms with Gasteiger partial charge in [-0.2, -0.15) is 5.26 Å². The van der Waals surface area contributed by atoms with E-state index in [4.69, 9.17) is 4.74 Å². The van der Waals surface area contributed by atoms with Crippen LogP contribution in [0.4, 0.5) is 5.69 Å². The van der Waals surface area contributed by atoms with Crippen molar-refractivity contribution in [3.8, 4) is 11.8 Å². The number of nitrogens with zero attached hydrogens (tertiary/aromatic N) is 2. The fraction of sp³-hybridized carbons (Fsp3) is 0.533. The predicted octanol–water partition coefficient (Wildman–Crippen LogP) is 2.10. The Morgan fingerprint density at radius 1 is 1.37 bits per heavy atom. The maximum atomic E-state index is 9.71. The largest absolute Gasteiger partial charge is 0.495 e. The first-order valence-electron chi connectivity index (χ1n) is 6.82. The van der Waals surface area contributed by atoms with Crippen LogP contribution in [0.3, 0.4) is 0 Å². The van der Waals surface area contributed by atoms with E-state index >= 15 is 0 Å². The van der Waals surface area contributed by atoms with Crippen LogP contribution in [0.25, 0.3) is 0 Å². The molecule has 1 atom stereocenters. The fourth-order valence-corrected chi connectivity index (χ4v) is 3.35. The second-order valence-electron chi connectivity index (χ2n) is 5.46. The van der Waals surface area contributed by atoms with Crippen molar-refractivity contribution in [2.45, 2.75) is 18.4 Å². The Labute approximate surface area is 114 Å². The van der Waals surface area contributed by atoms with Crippen LogP contribution in [-0.2, 0) is 0 Å². The summed E-state index contributed by atoms with van der Waals surface area (Å²) in [5.74, 6) is 1.24. The molecule has 0 spiro atoms. The molecule has 0 aromatic heterocycles. The van der Waals surface area contributed by atoms with E-state index in [1.807, 2.05) is 24.3 Å². The Bertz CT molecular complexity index is 502. The highest BCUT2D eigenvalue weighted by Gasteiger charge is 2.47. The molecular weight excluding hydrogens is 238 g/mol. The molecule has 3 saturated heterocycles. The van der Waals surface area contributed by atoms with Crippen molar-refractivity contribution in [3.05, 3.63) is 24.3 Å². The average molecular weight is 257 g/mol. The second-order valence-corrected chi connectivity index (χ2v) is 5.46. The first-order valence-corrected chi connectivity index (χ1v) is 6.82. The molecule has 0 radical (unpaired) electrons. The predicted molar refractivity (Wildman–Crippen MR) is 74.1 cm³/mol. The molecule has 1 unspecified atom stereocenters. The number of methoxy groups -OCH3 is 1. The smallest absolute Gasteiger partial charge is 0.141 e.